The first-order valence-electron chi connectivity index (χ1n) is 10.7. The third-order valence-corrected chi connectivity index (χ3v) is 6.61. The van der Waals surface area contributed by atoms with Crippen LogP contribution in [0.1, 0.15) is 32.3 Å². The number of carbonyl (C=O) groups excluding carboxylic acids is 1. The Kier molecular flexibility index (Phi) is 6.73. The van der Waals surface area contributed by atoms with Gasteiger partial charge in [-0.25, -0.2) is 4.98 Å². The summed E-state index contributed by atoms with van der Waals surface area (Å²) < 4.78 is 7.42. The number of thioether (sulfide) groups is 1. The molecule has 0 spiro atoms. The number of ether oxygens (including phenoxy) is 1. The molecule has 2 aromatic carbocycles. The van der Waals surface area contributed by atoms with Gasteiger partial charge in [-0.2, -0.15) is 0 Å². The van der Waals surface area contributed by atoms with Gasteiger partial charge in [0.1, 0.15) is 0 Å². The standard InChI is InChI=1S/C24H27N3O3S/c1-3-17-10-12-18(13-11-17)25-22(28)16(2)31-24-26-21-9-5-4-8-20(21)23(29)27(24)15-19-7-6-14-30-19/h4-5,8-13,16,19H,3,6-7,14-15H2,1-2H3,(H,25,28). The van der Waals surface area contributed by atoms with E-state index in [0.717, 1.165) is 31.6 Å². The van der Waals surface area contributed by atoms with Crippen LogP contribution in [0, 0.1) is 0 Å². The number of nitrogens with one attached hydrogen (secondary N) is 1. The number of amides is 1. The van der Waals surface area contributed by atoms with Gasteiger partial charge in [0.05, 0.1) is 28.8 Å². The predicted octanol–water partition coefficient (Wildman–Crippen LogP) is 4.26. The van der Waals surface area contributed by atoms with Gasteiger partial charge in [-0.1, -0.05) is 43.0 Å². The lowest BCUT2D eigenvalue weighted by atomic mass is 10.1. The highest BCUT2D eigenvalue weighted by atomic mass is 32.2. The van der Waals surface area contributed by atoms with E-state index in [0.29, 0.717) is 22.6 Å². The molecule has 3 aromatic rings. The van der Waals surface area contributed by atoms with Crippen LogP contribution in [0.15, 0.2) is 58.5 Å². The molecule has 31 heavy (non-hydrogen) atoms. The molecule has 2 atom stereocenters. The molecule has 0 radical (unpaired) electrons. The van der Waals surface area contributed by atoms with Gasteiger partial charge in [0, 0.05) is 12.3 Å². The lowest BCUT2D eigenvalue weighted by Crippen LogP contribution is -2.30. The Morgan fingerprint density at radius 3 is 2.74 bits per heavy atom. The molecular formula is C24H27N3O3S. The summed E-state index contributed by atoms with van der Waals surface area (Å²) in [7, 11) is 0. The molecule has 1 N–H and O–H groups in total. The molecule has 0 bridgehead atoms. The van der Waals surface area contributed by atoms with Crippen molar-refractivity contribution in [2.75, 3.05) is 11.9 Å². The van der Waals surface area contributed by atoms with E-state index in [2.05, 4.69) is 12.2 Å². The summed E-state index contributed by atoms with van der Waals surface area (Å²) in [5.41, 5.74) is 2.53. The summed E-state index contributed by atoms with van der Waals surface area (Å²) in [6, 6.07) is 15.2. The van der Waals surface area contributed by atoms with Crippen molar-refractivity contribution in [2.24, 2.45) is 0 Å². The number of rotatable bonds is 7. The minimum atomic E-state index is -0.422. The van der Waals surface area contributed by atoms with Crippen LogP contribution in [0.25, 0.3) is 10.9 Å². The van der Waals surface area contributed by atoms with Crippen LogP contribution in [-0.4, -0.2) is 33.4 Å². The number of para-hydroxylation sites is 1. The highest BCUT2D eigenvalue weighted by Crippen LogP contribution is 2.25. The van der Waals surface area contributed by atoms with Crippen LogP contribution in [0.3, 0.4) is 0 Å². The highest BCUT2D eigenvalue weighted by molar-refractivity contribution is 8.00. The van der Waals surface area contributed by atoms with Crippen LogP contribution in [0.4, 0.5) is 5.69 Å². The predicted molar refractivity (Wildman–Crippen MR) is 125 cm³/mol. The molecule has 6 nitrogen and oxygen atoms in total. The van der Waals surface area contributed by atoms with Crippen molar-refractivity contribution in [3.8, 4) is 0 Å². The van der Waals surface area contributed by atoms with E-state index in [1.54, 1.807) is 10.6 Å². The van der Waals surface area contributed by atoms with Crippen molar-refractivity contribution >= 4 is 34.3 Å². The Morgan fingerprint density at radius 1 is 1.26 bits per heavy atom. The van der Waals surface area contributed by atoms with Crippen LogP contribution in [0.2, 0.25) is 0 Å². The lowest BCUT2D eigenvalue weighted by molar-refractivity contribution is -0.115. The first-order chi connectivity index (χ1) is 15.0. The van der Waals surface area contributed by atoms with Gasteiger partial charge in [0.2, 0.25) is 5.91 Å². The Morgan fingerprint density at radius 2 is 2.03 bits per heavy atom. The second-order valence-corrected chi connectivity index (χ2v) is 9.07. The molecule has 162 valence electrons. The molecule has 1 fully saturated rings. The SMILES string of the molecule is CCc1ccc(NC(=O)C(C)Sc2nc3ccccc3c(=O)n2CC2CCCO2)cc1. The number of aryl methyl sites for hydroxylation is 1. The number of hydrogen-bond donors (Lipinski definition) is 1. The van der Waals surface area contributed by atoms with Crippen molar-refractivity contribution in [3.05, 3.63) is 64.4 Å². The summed E-state index contributed by atoms with van der Waals surface area (Å²) >= 11 is 1.30. The molecule has 1 aliphatic heterocycles. The number of hydrogen-bond acceptors (Lipinski definition) is 5. The maximum atomic E-state index is 13.2. The summed E-state index contributed by atoms with van der Waals surface area (Å²) in [6.07, 6.45) is 2.88. The van der Waals surface area contributed by atoms with Gasteiger partial charge < -0.3 is 10.1 Å². The Balaban J connectivity index is 1.57. The molecule has 1 amide bonds. The first kappa shape index (κ1) is 21.6. The van der Waals surface area contributed by atoms with Crippen molar-refractivity contribution < 1.29 is 9.53 Å². The van der Waals surface area contributed by atoms with Crippen LogP contribution < -0.4 is 10.9 Å². The summed E-state index contributed by atoms with van der Waals surface area (Å²) in [5.74, 6) is -0.125. The molecule has 1 saturated heterocycles. The summed E-state index contributed by atoms with van der Waals surface area (Å²) in [6.45, 7) is 5.10. The van der Waals surface area contributed by atoms with Crippen molar-refractivity contribution in [3.63, 3.8) is 0 Å². The maximum Gasteiger partial charge on any atom is 0.262 e. The molecule has 1 aromatic heterocycles. The van der Waals surface area contributed by atoms with E-state index in [1.807, 2.05) is 49.4 Å². The number of fused-ring (bicyclic) bond motifs is 1. The maximum absolute atomic E-state index is 13.2. The Bertz CT molecular complexity index is 1120. The molecule has 2 unspecified atom stereocenters. The molecule has 0 aliphatic carbocycles. The fraction of sp³-hybridized carbons (Fsp3) is 0.375. The van der Waals surface area contributed by atoms with E-state index in [9.17, 15) is 9.59 Å². The van der Waals surface area contributed by atoms with Gasteiger partial charge in [-0.3, -0.25) is 14.2 Å². The largest absolute Gasteiger partial charge is 0.376 e. The van der Waals surface area contributed by atoms with Gasteiger partial charge in [0.25, 0.3) is 5.56 Å². The van der Waals surface area contributed by atoms with Gasteiger partial charge in [0.15, 0.2) is 5.16 Å². The molecule has 0 saturated carbocycles. The zero-order valence-electron chi connectivity index (χ0n) is 17.8. The molecule has 7 heteroatoms. The lowest BCUT2D eigenvalue weighted by Gasteiger charge is -2.18. The van der Waals surface area contributed by atoms with E-state index in [-0.39, 0.29) is 17.6 Å². The minimum Gasteiger partial charge on any atom is -0.376 e. The van der Waals surface area contributed by atoms with E-state index in [1.165, 1.54) is 17.3 Å². The Labute approximate surface area is 186 Å². The van der Waals surface area contributed by atoms with Crippen molar-refractivity contribution in [1.82, 2.24) is 9.55 Å². The molecule has 4 rings (SSSR count). The number of carbonyl (C=O) groups is 1. The second kappa shape index (κ2) is 9.66. The smallest absolute Gasteiger partial charge is 0.262 e. The zero-order valence-corrected chi connectivity index (χ0v) is 18.7. The monoisotopic (exact) mass is 437 g/mol. The fourth-order valence-corrected chi connectivity index (χ4v) is 4.59. The van der Waals surface area contributed by atoms with Gasteiger partial charge in [-0.15, -0.1) is 0 Å². The third-order valence-electron chi connectivity index (χ3n) is 5.52. The van der Waals surface area contributed by atoms with Crippen LogP contribution >= 0.6 is 11.8 Å². The number of nitrogens with zero attached hydrogens (tertiary/aromatic N) is 2. The molecule has 1 aliphatic rings. The van der Waals surface area contributed by atoms with Crippen molar-refractivity contribution in [2.45, 2.75) is 56.2 Å². The fourth-order valence-electron chi connectivity index (χ4n) is 3.67. The third kappa shape index (κ3) is 4.99. The van der Waals surface area contributed by atoms with E-state index in [4.69, 9.17) is 9.72 Å². The average Bonchev–Trinajstić information content (AvgIpc) is 3.30. The van der Waals surface area contributed by atoms with Crippen molar-refractivity contribution in [1.29, 1.82) is 0 Å². The summed E-state index contributed by atoms with van der Waals surface area (Å²) in [4.78, 5) is 30.7. The quantitative estimate of drug-likeness (QED) is 0.442. The van der Waals surface area contributed by atoms with E-state index < -0.39 is 5.25 Å². The van der Waals surface area contributed by atoms with Crippen LogP contribution in [0.5, 0.6) is 0 Å². The van der Waals surface area contributed by atoms with Gasteiger partial charge >= 0.3 is 0 Å². The van der Waals surface area contributed by atoms with Crippen LogP contribution in [-0.2, 0) is 22.5 Å². The average molecular weight is 438 g/mol. The Hall–Kier alpha value is -2.64. The zero-order chi connectivity index (χ0) is 21.8. The normalized spacial score (nSPS) is 17.0. The second-order valence-electron chi connectivity index (χ2n) is 7.76. The summed E-state index contributed by atoms with van der Waals surface area (Å²) in [5, 5.41) is 3.66. The minimum absolute atomic E-state index is 0.00113. The number of anilines is 1. The highest BCUT2D eigenvalue weighted by Gasteiger charge is 2.23. The van der Waals surface area contributed by atoms with Gasteiger partial charge in [-0.05, 0) is 56.0 Å². The first-order valence-corrected chi connectivity index (χ1v) is 11.6. The number of benzene rings is 2. The van der Waals surface area contributed by atoms with E-state index >= 15 is 0 Å². The molecular weight excluding hydrogens is 410 g/mol. The topological polar surface area (TPSA) is 73.2 Å². The number of aromatic nitrogens is 2. The molecule has 2 heterocycles.